The van der Waals surface area contributed by atoms with Crippen LogP contribution in [0.4, 0.5) is 0 Å². The third-order valence-electron chi connectivity index (χ3n) is 3.09. The van der Waals surface area contributed by atoms with Gasteiger partial charge in [0.05, 0.1) is 12.8 Å². The summed E-state index contributed by atoms with van der Waals surface area (Å²) in [6.07, 6.45) is 2.05. The molecule has 0 saturated carbocycles. The van der Waals surface area contributed by atoms with Crippen LogP contribution in [-0.4, -0.2) is 18.2 Å². The van der Waals surface area contributed by atoms with Gasteiger partial charge in [-0.15, -0.1) is 0 Å². The Balaban J connectivity index is 2.25. The van der Waals surface area contributed by atoms with Gasteiger partial charge in [0, 0.05) is 6.42 Å². The molecule has 106 valence electrons. The fourth-order valence-corrected chi connectivity index (χ4v) is 2.10. The minimum atomic E-state index is -0.488. The zero-order chi connectivity index (χ0) is 14.5. The van der Waals surface area contributed by atoms with Gasteiger partial charge in [0.1, 0.15) is 11.3 Å². The molecule has 0 atom stereocenters. The Kier molecular flexibility index (Phi) is 4.40. The van der Waals surface area contributed by atoms with E-state index in [1.54, 1.807) is 7.11 Å². The molecule has 1 amide bonds. The van der Waals surface area contributed by atoms with Gasteiger partial charge in [0.15, 0.2) is 5.76 Å². The number of carbonyl (C=O) groups excluding carboxylic acids is 1. The van der Waals surface area contributed by atoms with Crippen molar-refractivity contribution >= 4 is 5.91 Å². The second kappa shape index (κ2) is 6.23. The number of hydrogen-bond donors (Lipinski definition) is 1. The predicted molar refractivity (Wildman–Crippen MR) is 74.8 cm³/mol. The normalized spacial score (nSPS) is 10.5. The Morgan fingerprint density at radius 2 is 2.05 bits per heavy atom. The van der Waals surface area contributed by atoms with Crippen LogP contribution < -0.4 is 10.5 Å². The lowest BCUT2D eigenvalue weighted by Gasteiger charge is -2.02. The van der Waals surface area contributed by atoms with E-state index in [4.69, 9.17) is 15.0 Å². The van der Waals surface area contributed by atoms with Crippen LogP contribution in [0.3, 0.4) is 0 Å². The maximum atomic E-state index is 11.6. The molecule has 0 bridgehead atoms. The van der Waals surface area contributed by atoms with Crippen LogP contribution in [0.1, 0.15) is 40.7 Å². The number of rotatable bonds is 6. The highest BCUT2D eigenvalue weighted by molar-refractivity contribution is 5.95. The summed E-state index contributed by atoms with van der Waals surface area (Å²) < 4.78 is 10.4. The zero-order valence-corrected chi connectivity index (χ0v) is 11.7. The average molecular weight is 274 g/mol. The van der Waals surface area contributed by atoms with Gasteiger partial charge in [0.25, 0.3) is 5.91 Å². The van der Waals surface area contributed by atoms with Gasteiger partial charge >= 0.3 is 0 Å². The van der Waals surface area contributed by atoms with Crippen molar-refractivity contribution in [1.29, 1.82) is 0 Å². The van der Waals surface area contributed by atoms with Gasteiger partial charge < -0.3 is 15.0 Å². The molecule has 0 aliphatic rings. The molecule has 5 nitrogen and oxygen atoms in total. The molecule has 1 aromatic heterocycles. The van der Waals surface area contributed by atoms with Crippen LogP contribution >= 0.6 is 0 Å². The van der Waals surface area contributed by atoms with Crippen LogP contribution in [0.5, 0.6) is 5.75 Å². The molecule has 2 N–H and O–H groups in total. The molecule has 20 heavy (non-hydrogen) atoms. The maximum absolute atomic E-state index is 11.6. The molecule has 0 unspecified atom stereocenters. The summed E-state index contributed by atoms with van der Waals surface area (Å²) >= 11 is 0. The Morgan fingerprint density at radius 1 is 1.35 bits per heavy atom. The van der Waals surface area contributed by atoms with E-state index in [9.17, 15) is 4.79 Å². The van der Waals surface area contributed by atoms with Crippen LogP contribution in [0.15, 0.2) is 28.8 Å². The second-order valence-corrected chi connectivity index (χ2v) is 4.57. The van der Waals surface area contributed by atoms with Gasteiger partial charge in [-0.05, 0) is 24.1 Å². The first-order valence-corrected chi connectivity index (χ1v) is 6.55. The summed E-state index contributed by atoms with van der Waals surface area (Å²) in [5, 5.41) is 3.96. The standard InChI is InChI=1S/C15H18N2O3/c1-3-4-12-14(15(16)18)13(20-17-12)9-10-5-7-11(19-2)8-6-10/h5-8H,3-4,9H2,1-2H3,(H2,16,18). The molecule has 0 saturated heterocycles. The second-order valence-electron chi connectivity index (χ2n) is 4.57. The monoisotopic (exact) mass is 274 g/mol. The van der Waals surface area contributed by atoms with Gasteiger partial charge in [-0.2, -0.15) is 0 Å². The third kappa shape index (κ3) is 2.99. The van der Waals surface area contributed by atoms with Gasteiger partial charge in [-0.25, -0.2) is 0 Å². The molecule has 5 heteroatoms. The Morgan fingerprint density at radius 3 is 2.60 bits per heavy atom. The number of nitrogens with two attached hydrogens (primary N) is 1. The quantitative estimate of drug-likeness (QED) is 0.876. The number of carbonyl (C=O) groups is 1. The van der Waals surface area contributed by atoms with Crippen molar-refractivity contribution in [2.75, 3.05) is 7.11 Å². The Hall–Kier alpha value is -2.30. The number of ether oxygens (including phenoxy) is 1. The van der Waals surface area contributed by atoms with E-state index in [1.165, 1.54) is 0 Å². The number of amides is 1. The van der Waals surface area contributed by atoms with Crippen molar-refractivity contribution in [2.45, 2.75) is 26.2 Å². The molecule has 1 heterocycles. The first kappa shape index (κ1) is 14.1. The summed E-state index contributed by atoms with van der Waals surface area (Å²) in [6.45, 7) is 2.02. The molecule has 0 spiro atoms. The maximum Gasteiger partial charge on any atom is 0.254 e. The summed E-state index contributed by atoms with van der Waals surface area (Å²) in [7, 11) is 1.62. The molecule has 0 aliphatic carbocycles. The van der Waals surface area contributed by atoms with E-state index in [1.807, 2.05) is 31.2 Å². The topological polar surface area (TPSA) is 78.3 Å². The van der Waals surface area contributed by atoms with Gasteiger partial charge in [-0.1, -0.05) is 30.6 Å². The van der Waals surface area contributed by atoms with Crippen LogP contribution in [0.25, 0.3) is 0 Å². The number of benzene rings is 1. The molecule has 2 aromatic rings. The first-order valence-electron chi connectivity index (χ1n) is 6.55. The zero-order valence-electron chi connectivity index (χ0n) is 11.7. The van der Waals surface area contributed by atoms with Crippen molar-refractivity contribution in [3.8, 4) is 5.75 Å². The smallest absolute Gasteiger partial charge is 0.254 e. The molecule has 0 aliphatic heterocycles. The lowest BCUT2D eigenvalue weighted by atomic mass is 10.0. The van der Waals surface area contributed by atoms with Gasteiger partial charge in [0.2, 0.25) is 0 Å². The van der Waals surface area contributed by atoms with Crippen molar-refractivity contribution in [3.05, 3.63) is 46.8 Å². The number of hydrogen-bond acceptors (Lipinski definition) is 4. The van der Waals surface area contributed by atoms with E-state index in [0.29, 0.717) is 29.9 Å². The summed E-state index contributed by atoms with van der Waals surface area (Å²) in [5.41, 5.74) is 7.50. The first-order chi connectivity index (χ1) is 9.65. The van der Waals surface area contributed by atoms with Crippen molar-refractivity contribution < 1.29 is 14.1 Å². The highest BCUT2D eigenvalue weighted by Crippen LogP contribution is 2.20. The molecule has 1 aromatic carbocycles. The number of primary amides is 1. The SMILES string of the molecule is CCCc1noc(Cc2ccc(OC)cc2)c1C(N)=O. The fraction of sp³-hybridized carbons (Fsp3) is 0.333. The van der Waals surface area contributed by atoms with Crippen molar-refractivity contribution in [3.63, 3.8) is 0 Å². The van der Waals surface area contributed by atoms with E-state index in [2.05, 4.69) is 5.16 Å². The Labute approximate surface area is 117 Å². The average Bonchev–Trinajstić information content (AvgIpc) is 2.83. The molecular weight excluding hydrogens is 256 g/mol. The van der Waals surface area contributed by atoms with E-state index in [-0.39, 0.29) is 0 Å². The van der Waals surface area contributed by atoms with Crippen molar-refractivity contribution in [2.24, 2.45) is 5.73 Å². The summed E-state index contributed by atoms with van der Waals surface area (Å²) in [6, 6.07) is 7.57. The summed E-state index contributed by atoms with van der Waals surface area (Å²) in [5.74, 6) is 0.817. The lowest BCUT2D eigenvalue weighted by Crippen LogP contribution is -2.14. The van der Waals surface area contributed by atoms with Crippen LogP contribution in [-0.2, 0) is 12.8 Å². The van der Waals surface area contributed by atoms with Crippen molar-refractivity contribution in [1.82, 2.24) is 5.16 Å². The number of nitrogens with zero attached hydrogens (tertiary/aromatic N) is 1. The third-order valence-corrected chi connectivity index (χ3v) is 3.09. The van der Waals surface area contributed by atoms with E-state index >= 15 is 0 Å². The molecule has 0 radical (unpaired) electrons. The number of methoxy groups -OCH3 is 1. The lowest BCUT2D eigenvalue weighted by molar-refractivity contribution is 0.0998. The minimum Gasteiger partial charge on any atom is -0.497 e. The number of aromatic nitrogens is 1. The minimum absolute atomic E-state index is 0.419. The molecular formula is C15H18N2O3. The fourth-order valence-electron chi connectivity index (χ4n) is 2.10. The highest BCUT2D eigenvalue weighted by atomic mass is 16.5. The summed E-state index contributed by atoms with van der Waals surface area (Å²) in [4.78, 5) is 11.6. The predicted octanol–water partition coefficient (Wildman–Crippen LogP) is 2.33. The molecule has 0 fully saturated rings. The number of aryl methyl sites for hydroxylation is 1. The largest absolute Gasteiger partial charge is 0.497 e. The molecule has 2 rings (SSSR count). The van der Waals surface area contributed by atoms with Crippen LogP contribution in [0, 0.1) is 0 Å². The van der Waals surface area contributed by atoms with Gasteiger partial charge in [-0.3, -0.25) is 4.79 Å². The van der Waals surface area contributed by atoms with Crippen LogP contribution in [0.2, 0.25) is 0 Å². The Bertz CT molecular complexity index is 588. The van der Waals surface area contributed by atoms with E-state index in [0.717, 1.165) is 17.7 Å². The highest BCUT2D eigenvalue weighted by Gasteiger charge is 2.20. The van der Waals surface area contributed by atoms with E-state index < -0.39 is 5.91 Å².